The summed E-state index contributed by atoms with van der Waals surface area (Å²) < 4.78 is 16.1. The molecule has 0 radical (unpaired) electrons. The van der Waals surface area contributed by atoms with Gasteiger partial charge in [0.2, 0.25) is 24.4 Å². The summed E-state index contributed by atoms with van der Waals surface area (Å²) in [6, 6.07) is 12.9. The van der Waals surface area contributed by atoms with Crippen molar-refractivity contribution < 1.29 is 23.6 Å². The maximum absolute atomic E-state index is 12.6. The molecule has 2 amide bonds. The van der Waals surface area contributed by atoms with E-state index in [9.17, 15) is 9.59 Å². The number of hydrogen-bond acceptors (Lipinski definition) is 8. The average molecular weight is 447 g/mol. The van der Waals surface area contributed by atoms with E-state index in [-0.39, 0.29) is 37.5 Å². The van der Waals surface area contributed by atoms with Crippen molar-refractivity contribution in [2.45, 2.75) is 26.2 Å². The Hall–Kier alpha value is -4.21. The molecule has 0 unspecified atom stereocenters. The number of aromatic nitrogens is 2. The van der Waals surface area contributed by atoms with Crippen LogP contribution in [0.1, 0.15) is 31.2 Å². The number of carbonyl (C=O) groups excluding carboxylic acids is 2. The maximum Gasteiger partial charge on any atom is 0.274 e. The Labute approximate surface area is 189 Å². The van der Waals surface area contributed by atoms with Crippen molar-refractivity contribution in [3.05, 3.63) is 53.9 Å². The highest BCUT2D eigenvalue weighted by Gasteiger charge is 2.27. The lowest BCUT2D eigenvalue weighted by Gasteiger charge is -2.22. The zero-order chi connectivity index (χ0) is 22.8. The van der Waals surface area contributed by atoms with E-state index in [2.05, 4.69) is 20.6 Å². The van der Waals surface area contributed by atoms with Gasteiger partial charge < -0.3 is 19.3 Å². The normalized spacial score (nSPS) is 14.9. The maximum atomic E-state index is 12.6. The average Bonchev–Trinajstić information content (AvgIpc) is 3.50. The fourth-order valence-corrected chi connectivity index (χ4v) is 3.65. The third-order valence-corrected chi connectivity index (χ3v) is 5.37. The minimum absolute atomic E-state index is 0.175. The SMILES string of the molecule is CCc1ccccc1NC(=O)CN1N=C(c2nc(-c3ccc4c(c3)OCO4)no2)CCC1=O. The van der Waals surface area contributed by atoms with Gasteiger partial charge in [-0.15, -0.1) is 0 Å². The van der Waals surface area contributed by atoms with Gasteiger partial charge in [-0.2, -0.15) is 10.1 Å². The highest BCUT2D eigenvalue weighted by molar-refractivity contribution is 6.02. The molecule has 33 heavy (non-hydrogen) atoms. The van der Waals surface area contributed by atoms with Gasteiger partial charge in [0.15, 0.2) is 11.5 Å². The smallest absolute Gasteiger partial charge is 0.274 e. The number of nitrogens with zero attached hydrogens (tertiary/aromatic N) is 4. The molecule has 168 valence electrons. The first-order chi connectivity index (χ1) is 16.1. The van der Waals surface area contributed by atoms with E-state index in [0.717, 1.165) is 22.7 Å². The van der Waals surface area contributed by atoms with Crippen molar-refractivity contribution in [2.24, 2.45) is 5.10 Å². The summed E-state index contributed by atoms with van der Waals surface area (Å²) in [4.78, 5) is 29.4. The van der Waals surface area contributed by atoms with Crippen molar-refractivity contribution >= 4 is 23.2 Å². The predicted octanol–water partition coefficient (Wildman–Crippen LogP) is 2.99. The Morgan fingerprint density at radius 2 is 1.97 bits per heavy atom. The van der Waals surface area contributed by atoms with Crippen LogP contribution in [-0.2, 0) is 16.0 Å². The van der Waals surface area contributed by atoms with E-state index in [0.29, 0.717) is 35.0 Å². The second kappa shape index (κ2) is 8.73. The number of para-hydroxylation sites is 1. The number of amides is 2. The van der Waals surface area contributed by atoms with E-state index in [1.165, 1.54) is 0 Å². The molecule has 5 rings (SSSR count). The molecule has 10 heteroatoms. The molecular weight excluding hydrogens is 426 g/mol. The molecule has 1 N–H and O–H groups in total. The first-order valence-electron chi connectivity index (χ1n) is 10.6. The summed E-state index contributed by atoms with van der Waals surface area (Å²) in [5, 5.41) is 12.3. The minimum atomic E-state index is -0.333. The van der Waals surface area contributed by atoms with Crippen LogP contribution in [0.4, 0.5) is 5.69 Å². The lowest BCUT2D eigenvalue weighted by molar-refractivity contribution is -0.135. The zero-order valence-electron chi connectivity index (χ0n) is 17.9. The van der Waals surface area contributed by atoms with E-state index < -0.39 is 0 Å². The number of nitrogens with one attached hydrogen (secondary N) is 1. The van der Waals surface area contributed by atoms with Gasteiger partial charge in [0.05, 0.1) is 0 Å². The number of rotatable bonds is 6. The second-order valence-corrected chi connectivity index (χ2v) is 7.55. The van der Waals surface area contributed by atoms with Gasteiger partial charge in [-0.25, -0.2) is 5.01 Å². The van der Waals surface area contributed by atoms with Crippen molar-refractivity contribution in [1.29, 1.82) is 0 Å². The predicted molar refractivity (Wildman–Crippen MR) is 118 cm³/mol. The van der Waals surface area contributed by atoms with Crippen LogP contribution >= 0.6 is 0 Å². The minimum Gasteiger partial charge on any atom is -0.454 e. The van der Waals surface area contributed by atoms with E-state index in [1.54, 1.807) is 18.2 Å². The van der Waals surface area contributed by atoms with Crippen LogP contribution in [0.15, 0.2) is 52.1 Å². The van der Waals surface area contributed by atoms with Gasteiger partial charge in [-0.1, -0.05) is 30.3 Å². The van der Waals surface area contributed by atoms with Crippen LogP contribution in [0.5, 0.6) is 11.5 Å². The lowest BCUT2D eigenvalue weighted by Crippen LogP contribution is -2.38. The summed E-state index contributed by atoms with van der Waals surface area (Å²) in [5.74, 6) is 1.27. The number of ether oxygens (including phenoxy) is 2. The number of anilines is 1. The Balaban J connectivity index is 1.31. The van der Waals surface area contributed by atoms with Gasteiger partial charge in [0, 0.05) is 24.1 Å². The van der Waals surface area contributed by atoms with Crippen LogP contribution < -0.4 is 14.8 Å². The molecule has 2 aliphatic heterocycles. The molecule has 3 aromatic rings. The molecule has 0 fully saturated rings. The van der Waals surface area contributed by atoms with Gasteiger partial charge >= 0.3 is 0 Å². The zero-order valence-corrected chi connectivity index (χ0v) is 17.9. The largest absolute Gasteiger partial charge is 0.454 e. The van der Waals surface area contributed by atoms with Crippen LogP contribution in [0.25, 0.3) is 11.4 Å². The first kappa shape index (κ1) is 20.7. The molecule has 0 aliphatic carbocycles. The van der Waals surface area contributed by atoms with Gasteiger partial charge in [0.1, 0.15) is 12.3 Å². The monoisotopic (exact) mass is 447 g/mol. The molecular formula is C23H21N5O5. The summed E-state index contributed by atoms with van der Waals surface area (Å²) in [6.07, 6.45) is 1.32. The van der Waals surface area contributed by atoms with Crippen molar-refractivity contribution in [2.75, 3.05) is 18.7 Å². The Morgan fingerprint density at radius 3 is 2.85 bits per heavy atom. The number of fused-ring (bicyclic) bond motifs is 1. The van der Waals surface area contributed by atoms with Crippen LogP contribution in [0.3, 0.4) is 0 Å². The molecule has 0 bridgehead atoms. The van der Waals surface area contributed by atoms with Crippen LogP contribution in [0, 0.1) is 0 Å². The van der Waals surface area contributed by atoms with Crippen LogP contribution in [-0.4, -0.2) is 46.0 Å². The quantitative estimate of drug-likeness (QED) is 0.617. The fourth-order valence-electron chi connectivity index (χ4n) is 3.65. The number of benzene rings is 2. The molecule has 2 aliphatic rings. The number of carbonyl (C=O) groups is 2. The van der Waals surface area contributed by atoms with Crippen molar-refractivity contribution in [3.63, 3.8) is 0 Å². The second-order valence-electron chi connectivity index (χ2n) is 7.55. The Kier molecular flexibility index (Phi) is 5.47. The van der Waals surface area contributed by atoms with Gasteiger partial charge in [-0.05, 0) is 36.2 Å². The van der Waals surface area contributed by atoms with E-state index in [4.69, 9.17) is 14.0 Å². The number of hydrazone groups is 1. The summed E-state index contributed by atoms with van der Waals surface area (Å²) >= 11 is 0. The Morgan fingerprint density at radius 1 is 1.12 bits per heavy atom. The highest BCUT2D eigenvalue weighted by atomic mass is 16.7. The summed E-state index contributed by atoms with van der Waals surface area (Å²) in [7, 11) is 0. The third-order valence-electron chi connectivity index (χ3n) is 5.37. The van der Waals surface area contributed by atoms with Crippen molar-refractivity contribution in [3.8, 4) is 22.9 Å². The molecule has 2 aromatic carbocycles. The number of aryl methyl sites for hydroxylation is 1. The molecule has 0 saturated heterocycles. The summed E-state index contributed by atoms with van der Waals surface area (Å²) in [5.41, 5.74) is 2.90. The molecule has 10 nitrogen and oxygen atoms in total. The molecule has 0 saturated carbocycles. The van der Waals surface area contributed by atoms with E-state index in [1.807, 2.05) is 31.2 Å². The fraction of sp³-hybridized carbons (Fsp3) is 0.261. The van der Waals surface area contributed by atoms with Gasteiger partial charge in [-0.3, -0.25) is 9.59 Å². The lowest BCUT2D eigenvalue weighted by atomic mass is 10.1. The Bertz CT molecular complexity index is 1250. The van der Waals surface area contributed by atoms with Gasteiger partial charge in [0.25, 0.3) is 5.89 Å². The topological polar surface area (TPSA) is 119 Å². The summed E-state index contributed by atoms with van der Waals surface area (Å²) in [6.45, 7) is 1.98. The van der Waals surface area contributed by atoms with Crippen LogP contribution in [0.2, 0.25) is 0 Å². The molecule has 1 aromatic heterocycles. The molecule has 0 atom stereocenters. The third kappa shape index (κ3) is 4.27. The molecule has 0 spiro atoms. The van der Waals surface area contributed by atoms with Crippen molar-refractivity contribution in [1.82, 2.24) is 15.1 Å². The van der Waals surface area contributed by atoms with E-state index >= 15 is 0 Å². The highest BCUT2D eigenvalue weighted by Crippen LogP contribution is 2.35. The molecule has 3 heterocycles. The number of hydrogen-bond donors (Lipinski definition) is 1. The standard InChI is InChI=1S/C23H21N5O5/c1-2-14-5-3-4-6-16(14)24-20(29)12-28-21(30)10-8-17(26-28)23-25-22(27-33-23)15-7-9-18-19(11-15)32-13-31-18/h3-7,9,11H,2,8,10,12-13H2,1H3,(H,24,29). The first-order valence-corrected chi connectivity index (χ1v) is 10.6.